The first-order chi connectivity index (χ1) is 39.9. The predicted molar refractivity (Wildman–Crippen MR) is 305 cm³/mol. The van der Waals surface area contributed by atoms with Crippen molar-refractivity contribution in [2.24, 2.45) is 11.1 Å². The summed E-state index contributed by atoms with van der Waals surface area (Å²) >= 11 is 8.22. The maximum Gasteiger partial charge on any atom is 0.277 e. The lowest BCUT2D eigenvalue weighted by Gasteiger charge is -2.41. The quantitative estimate of drug-likeness (QED) is 0.0354. The van der Waals surface area contributed by atoms with E-state index in [-0.39, 0.29) is 79.9 Å². The number of fused-ring (bicyclic) bond motifs is 3. The van der Waals surface area contributed by atoms with Crippen molar-refractivity contribution in [3.05, 3.63) is 58.1 Å². The summed E-state index contributed by atoms with van der Waals surface area (Å²) in [7, 11) is 0. The summed E-state index contributed by atoms with van der Waals surface area (Å²) in [5, 5.41) is 18.0. The van der Waals surface area contributed by atoms with Gasteiger partial charge in [0.2, 0.25) is 23.6 Å². The van der Waals surface area contributed by atoms with E-state index >= 15 is 0 Å². The van der Waals surface area contributed by atoms with Gasteiger partial charge in [-0.2, -0.15) is 5.10 Å². The molecule has 82 heavy (non-hydrogen) atoms. The van der Waals surface area contributed by atoms with E-state index in [1.165, 1.54) is 11.8 Å². The first-order valence-electron chi connectivity index (χ1n) is 28.0. The van der Waals surface area contributed by atoms with Crippen LogP contribution in [0.15, 0.2) is 57.4 Å². The van der Waals surface area contributed by atoms with E-state index < -0.39 is 17.5 Å². The molecule has 5 aliphatic rings. The summed E-state index contributed by atoms with van der Waals surface area (Å²) in [4.78, 5) is 92.3. The number of ether oxygens (including phenoxy) is 7. The fourth-order valence-corrected chi connectivity index (χ4v) is 11.7. The number of imide groups is 1. The Hall–Kier alpha value is -6.07. The molecule has 0 radical (unpaired) electrons. The number of rotatable bonds is 28. The molecule has 0 bridgehead atoms. The lowest BCUT2D eigenvalue weighted by atomic mass is 9.73. The number of amides is 5. The van der Waals surface area contributed by atoms with Gasteiger partial charge in [0.25, 0.3) is 11.5 Å². The second-order valence-electron chi connectivity index (χ2n) is 20.6. The number of nitrogens with two attached hydrogens (primary N) is 1. The third kappa shape index (κ3) is 15.6. The molecular weight excluding hydrogens is 1100 g/mol. The predicted octanol–water partition coefficient (Wildman–Crippen LogP) is 3.35. The molecule has 25 nitrogen and oxygen atoms in total. The summed E-state index contributed by atoms with van der Waals surface area (Å²) in [5.74, 6) is 0.0103. The summed E-state index contributed by atoms with van der Waals surface area (Å²) in [6.07, 6.45) is 5.84. The standard InChI is InChI=1S/C55H73ClN12O13S/c1-36-50(57)55(35-81-36)12-15-65(16-13-55)42-34-59-53-51(63-42)62-40-6-5-39(48(56)49(40)82-53)61-43(69)9-10-45(71)66-17-19-67(20-18-66)46(72)11-21-75-23-25-77-27-29-79-31-32-80-30-28-78-26-24-76-22-14-58-38-4-2-3-37-33-60-68(54(74)47(37)38)41-7-8-44(70)64-52(41)73/h2-6,33-34,36,41,50,58H,7-32,35,57H2,1H3,(H,61,69)(H,62,63)(H,64,70,73)/t36-,41?,50+/m0/s1. The molecule has 9 rings (SSSR count). The number of nitrogens with one attached hydrogen (secondary N) is 4. The highest BCUT2D eigenvalue weighted by Crippen LogP contribution is 2.49. The first-order valence-corrected chi connectivity index (χ1v) is 29.2. The molecule has 2 aromatic carbocycles. The number of halogens is 1. The molecule has 4 saturated heterocycles. The molecule has 1 spiro atoms. The van der Waals surface area contributed by atoms with Crippen LogP contribution in [0.25, 0.3) is 10.8 Å². The number of piperazine rings is 1. The SMILES string of the molecule is C[C@@H]1OCC2(CCN(c3cnc4c(n3)Nc3ccc(NC(=O)CCC(=O)N5CCN(C(=O)CCOCCOCCOCCOCCOCCOCCNc6cccc7cnn(C8CCC(=O)NC8=O)c(=O)c67)CC5)c(Cl)c3S4)CC2)[C@@H]1N. The fourth-order valence-electron chi connectivity index (χ4n) is 10.5. The molecule has 2 aromatic heterocycles. The van der Waals surface area contributed by atoms with Gasteiger partial charge in [0.1, 0.15) is 16.9 Å². The lowest BCUT2D eigenvalue weighted by molar-refractivity contribution is -0.140. The normalized spacial score (nSPS) is 19.5. The minimum atomic E-state index is -0.845. The zero-order chi connectivity index (χ0) is 57.4. The van der Waals surface area contributed by atoms with Crippen molar-refractivity contribution in [1.82, 2.24) is 34.9 Å². The third-order valence-electron chi connectivity index (χ3n) is 15.3. The Morgan fingerprint density at radius 1 is 0.780 bits per heavy atom. The van der Waals surface area contributed by atoms with Crippen molar-refractivity contribution < 1.29 is 57.1 Å². The van der Waals surface area contributed by atoms with Crippen LogP contribution < -0.4 is 37.5 Å². The number of carbonyl (C=O) groups is 5. The van der Waals surface area contributed by atoms with Crippen LogP contribution in [0.3, 0.4) is 0 Å². The van der Waals surface area contributed by atoms with Gasteiger partial charge in [-0.1, -0.05) is 35.5 Å². The van der Waals surface area contributed by atoms with Gasteiger partial charge < -0.3 is 69.5 Å². The highest BCUT2D eigenvalue weighted by atomic mass is 35.5. The molecule has 444 valence electrons. The molecule has 1 unspecified atom stereocenters. The van der Waals surface area contributed by atoms with Crippen molar-refractivity contribution >= 4 is 92.4 Å². The molecule has 7 heterocycles. The van der Waals surface area contributed by atoms with E-state index in [2.05, 4.69) is 31.3 Å². The minimum Gasteiger partial charge on any atom is -0.382 e. The van der Waals surface area contributed by atoms with E-state index in [9.17, 15) is 28.8 Å². The highest BCUT2D eigenvalue weighted by Gasteiger charge is 2.48. The Bertz CT molecular complexity index is 2940. The Morgan fingerprint density at radius 3 is 2.05 bits per heavy atom. The van der Waals surface area contributed by atoms with Crippen LogP contribution in [0.5, 0.6) is 0 Å². The average molecular weight is 1180 g/mol. The van der Waals surface area contributed by atoms with Gasteiger partial charge in [-0.3, -0.25) is 34.1 Å². The highest BCUT2D eigenvalue weighted by molar-refractivity contribution is 7.99. The maximum atomic E-state index is 13.3. The van der Waals surface area contributed by atoms with Gasteiger partial charge in [-0.25, -0.2) is 14.6 Å². The summed E-state index contributed by atoms with van der Waals surface area (Å²) in [6, 6.07) is 8.14. The molecule has 5 amide bonds. The van der Waals surface area contributed by atoms with Crippen LogP contribution in [-0.2, 0) is 57.1 Å². The Morgan fingerprint density at radius 2 is 1.41 bits per heavy atom. The van der Waals surface area contributed by atoms with Crippen LogP contribution in [0.2, 0.25) is 5.02 Å². The smallest absolute Gasteiger partial charge is 0.277 e. The third-order valence-corrected chi connectivity index (χ3v) is 16.9. The molecule has 4 fully saturated rings. The molecule has 6 N–H and O–H groups in total. The number of piperidine rings is 2. The van der Waals surface area contributed by atoms with Gasteiger partial charge in [0, 0.05) is 87.6 Å². The number of nitrogens with zero attached hydrogens (tertiary/aromatic N) is 7. The fraction of sp³-hybridized carbons (Fsp3) is 0.582. The number of hydrogen-bond acceptors (Lipinski definition) is 21. The zero-order valence-electron chi connectivity index (χ0n) is 46.2. The Kier molecular flexibility index (Phi) is 21.7. The van der Waals surface area contributed by atoms with E-state index in [1.807, 2.05) is 19.1 Å². The topological polar surface area (TPSA) is 294 Å². The van der Waals surface area contributed by atoms with Gasteiger partial charge in [-0.05, 0) is 44.4 Å². The lowest BCUT2D eigenvalue weighted by Crippen LogP contribution is -2.50. The molecular formula is C55H73ClN12O13S. The monoisotopic (exact) mass is 1180 g/mol. The van der Waals surface area contributed by atoms with Crippen LogP contribution in [0.1, 0.15) is 57.9 Å². The van der Waals surface area contributed by atoms with Crippen molar-refractivity contribution in [2.75, 3.05) is 153 Å². The Labute approximate surface area is 484 Å². The molecule has 3 atom stereocenters. The van der Waals surface area contributed by atoms with Crippen LogP contribution >= 0.6 is 23.4 Å². The number of carbonyl (C=O) groups excluding carboxylic acids is 5. The average Bonchev–Trinajstić information content (AvgIpc) is 3.86. The second-order valence-corrected chi connectivity index (χ2v) is 22.0. The van der Waals surface area contributed by atoms with Crippen LogP contribution in [0.4, 0.5) is 28.7 Å². The van der Waals surface area contributed by atoms with E-state index in [4.69, 9.17) is 60.5 Å². The molecule has 0 aliphatic carbocycles. The van der Waals surface area contributed by atoms with E-state index in [0.29, 0.717) is 150 Å². The van der Waals surface area contributed by atoms with Crippen molar-refractivity contribution in [2.45, 2.75) is 80.0 Å². The van der Waals surface area contributed by atoms with E-state index in [0.717, 1.165) is 47.0 Å². The molecule has 0 saturated carbocycles. The zero-order valence-corrected chi connectivity index (χ0v) is 47.7. The minimum absolute atomic E-state index is 0.0104. The van der Waals surface area contributed by atoms with Crippen molar-refractivity contribution in [3.8, 4) is 0 Å². The van der Waals surface area contributed by atoms with Gasteiger partial charge >= 0.3 is 0 Å². The van der Waals surface area contributed by atoms with Gasteiger partial charge in [0.15, 0.2) is 5.82 Å². The number of aromatic nitrogens is 4. The number of benzene rings is 2. The molecule has 4 aromatic rings. The summed E-state index contributed by atoms with van der Waals surface area (Å²) in [5.41, 5.74) is 7.92. The summed E-state index contributed by atoms with van der Waals surface area (Å²) in [6.45, 7) is 10.9. The largest absolute Gasteiger partial charge is 0.382 e. The Balaban J connectivity index is 0.540. The number of anilines is 5. The number of hydrogen-bond donors (Lipinski definition) is 5. The molecule has 27 heteroatoms. The maximum absolute atomic E-state index is 13.3. The first kappa shape index (κ1) is 60.5. The second kappa shape index (κ2) is 29.4. The van der Waals surface area contributed by atoms with Crippen molar-refractivity contribution in [3.63, 3.8) is 0 Å². The van der Waals surface area contributed by atoms with Gasteiger partial charge in [-0.15, -0.1) is 0 Å². The van der Waals surface area contributed by atoms with Crippen LogP contribution in [0, 0.1) is 5.41 Å². The van der Waals surface area contributed by atoms with Gasteiger partial charge in [0.05, 0.1) is 137 Å². The molecule has 5 aliphatic heterocycles. The summed E-state index contributed by atoms with van der Waals surface area (Å²) < 4.78 is 40.5. The van der Waals surface area contributed by atoms with Crippen LogP contribution in [-0.4, -0.2) is 203 Å². The van der Waals surface area contributed by atoms with Crippen molar-refractivity contribution in [1.29, 1.82) is 0 Å². The van der Waals surface area contributed by atoms with E-state index in [1.54, 1.807) is 40.4 Å².